The van der Waals surface area contributed by atoms with Crippen molar-refractivity contribution >= 4 is 57.9 Å². The van der Waals surface area contributed by atoms with Gasteiger partial charge in [0.15, 0.2) is 0 Å². The molecule has 5 unspecified atom stereocenters. The standard InChI is InChI=1S/C24H43N5O5S3/c1-26-7-8-27-23(32)18(29(2)21(31)6-4-3-5-9-35)13-20(30)28-17-10-15(24(33)34)12-19-22(37-36-19)16(11-17)14-25/h15-19,22,26,35H,3-14,25H2,1-2H3,(H,27,32)(H,28,30)(H,33,34)/t15?,16?,17?,18-,19?,22?/m0/s1. The fraction of sp³-hybridized carbons (Fsp3) is 0.833. The van der Waals surface area contributed by atoms with Crippen LogP contribution in [-0.2, 0) is 19.2 Å². The number of nitrogens with one attached hydrogen (secondary N) is 3. The third-order valence-corrected chi connectivity index (χ3v) is 11.1. The highest BCUT2D eigenvalue weighted by Gasteiger charge is 2.44. The number of carboxylic acid groups (broad SMARTS) is 1. The van der Waals surface area contributed by atoms with Crippen LogP contribution >= 0.6 is 34.2 Å². The van der Waals surface area contributed by atoms with Gasteiger partial charge in [-0.2, -0.15) is 12.6 Å². The molecule has 1 saturated heterocycles. The maximum atomic E-state index is 13.2. The van der Waals surface area contributed by atoms with Crippen molar-refractivity contribution in [3.63, 3.8) is 0 Å². The number of nitrogens with two attached hydrogens (primary N) is 1. The number of rotatable bonds is 15. The van der Waals surface area contributed by atoms with E-state index in [1.807, 2.05) is 0 Å². The van der Waals surface area contributed by atoms with Gasteiger partial charge in [-0.3, -0.25) is 19.2 Å². The Morgan fingerprint density at radius 2 is 1.86 bits per heavy atom. The van der Waals surface area contributed by atoms with E-state index in [1.54, 1.807) is 35.7 Å². The molecule has 0 bridgehead atoms. The minimum Gasteiger partial charge on any atom is -0.481 e. The van der Waals surface area contributed by atoms with E-state index in [0.29, 0.717) is 51.7 Å². The van der Waals surface area contributed by atoms with Crippen molar-refractivity contribution in [2.24, 2.45) is 17.6 Å². The van der Waals surface area contributed by atoms with E-state index in [9.17, 15) is 24.3 Å². The molecular formula is C24H43N5O5S3. The SMILES string of the molecule is CNCCNC(=O)[C@H](CC(=O)NC1CC(C(=O)O)CC2SSC2C(CN)C1)N(C)C(=O)CCCCCS. The molecule has 1 heterocycles. The van der Waals surface area contributed by atoms with Crippen LogP contribution < -0.4 is 21.7 Å². The second-order valence-corrected chi connectivity index (χ2v) is 13.0. The third kappa shape index (κ3) is 10.2. The van der Waals surface area contributed by atoms with E-state index in [2.05, 4.69) is 28.6 Å². The number of aliphatic carboxylic acids is 1. The molecule has 1 aliphatic heterocycles. The zero-order valence-corrected chi connectivity index (χ0v) is 24.3. The molecule has 10 nitrogen and oxygen atoms in total. The lowest BCUT2D eigenvalue weighted by Crippen LogP contribution is -2.52. The lowest BCUT2D eigenvalue weighted by Gasteiger charge is -2.44. The monoisotopic (exact) mass is 577 g/mol. The molecule has 6 atom stereocenters. The molecule has 1 saturated carbocycles. The number of thiol groups is 1. The van der Waals surface area contributed by atoms with Gasteiger partial charge in [0, 0.05) is 43.1 Å². The van der Waals surface area contributed by atoms with Gasteiger partial charge in [0.2, 0.25) is 17.7 Å². The average Bonchev–Trinajstić information content (AvgIpc) is 2.84. The van der Waals surface area contributed by atoms with Gasteiger partial charge in [-0.05, 0) is 57.4 Å². The molecule has 6 N–H and O–H groups in total. The third-order valence-electron chi connectivity index (χ3n) is 7.08. The van der Waals surface area contributed by atoms with E-state index in [1.165, 1.54) is 4.90 Å². The number of unbranched alkanes of at least 4 members (excludes halogenated alkanes) is 2. The second kappa shape index (κ2) is 16.7. The summed E-state index contributed by atoms with van der Waals surface area (Å²) in [5, 5.41) is 19.1. The Hall–Kier alpha value is -1.15. The molecule has 2 rings (SSSR count). The van der Waals surface area contributed by atoms with E-state index < -0.39 is 17.9 Å². The molecule has 0 aromatic carbocycles. The summed E-state index contributed by atoms with van der Waals surface area (Å²) in [6, 6.07) is -1.31. The summed E-state index contributed by atoms with van der Waals surface area (Å²) < 4.78 is 0. The van der Waals surface area contributed by atoms with E-state index in [-0.39, 0.29) is 46.6 Å². The van der Waals surface area contributed by atoms with Gasteiger partial charge < -0.3 is 31.7 Å². The molecule has 2 fully saturated rings. The minimum absolute atomic E-state index is 0.179. The van der Waals surface area contributed by atoms with Crippen LogP contribution in [0.1, 0.15) is 51.4 Å². The van der Waals surface area contributed by atoms with E-state index >= 15 is 0 Å². The lowest BCUT2D eigenvalue weighted by molar-refractivity contribution is -0.143. The fourth-order valence-electron chi connectivity index (χ4n) is 4.83. The van der Waals surface area contributed by atoms with Gasteiger partial charge >= 0.3 is 5.97 Å². The molecule has 0 aromatic heterocycles. The maximum Gasteiger partial charge on any atom is 0.306 e. The van der Waals surface area contributed by atoms with Crippen LogP contribution in [0.3, 0.4) is 0 Å². The second-order valence-electron chi connectivity index (χ2n) is 9.85. The van der Waals surface area contributed by atoms with Gasteiger partial charge in [-0.1, -0.05) is 28.0 Å². The number of carboxylic acids is 1. The van der Waals surface area contributed by atoms with Crippen LogP contribution in [0.25, 0.3) is 0 Å². The van der Waals surface area contributed by atoms with Crippen molar-refractivity contribution in [1.29, 1.82) is 0 Å². The average molecular weight is 578 g/mol. The molecule has 0 aromatic rings. The van der Waals surface area contributed by atoms with Crippen LogP contribution in [0.2, 0.25) is 0 Å². The van der Waals surface area contributed by atoms with Gasteiger partial charge in [-0.15, -0.1) is 0 Å². The number of hydrogen-bond donors (Lipinski definition) is 6. The zero-order valence-electron chi connectivity index (χ0n) is 21.8. The highest BCUT2D eigenvalue weighted by atomic mass is 33.1. The molecule has 0 spiro atoms. The summed E-state index contributed by atoms with van der Waals surface area (Å²) >= 11 is 4.19. The first kappa shape index (κ1) is 32.1. The van der Waals surface area contributed by atoms with Crippen molar-refractivity contribution < 1.29 is 24.3 Å². The van der Waals surface area contributed by atoms with Crippen LogP contribution in [-0.4, -0.2) is 95.8 Å². The van der Waals surface area contributed by atoms with Gasteiger partial charge in [-0.25, -0.2) is 0 Å². The minimum atomic E-state index is -0.952. The Labute approximate surface area is 233 Å². The first-order valence-corrected chi connectivity index (χ1v) is 16.0. The maximum absolute atomic E-state index is 13.2. The first-order chi connectivity index (χ1) is 17.7. The fourth-order valence-corrected chi connectivity index (χ4v) is 8.37. The summed E-state index contributed by atoms with van der Waals surface area (Å²) in [4.78, 5) is 52.2. The van der Waals surface area contributed by atoms with Crippen LogP contribution in [0.5, 0.6) is 0 Å². The van der Waals surface area contributed by atoms with E-state index in [4.69, 9.17) is 5.73 Å². The van der Waals surface area contributed by atoms with Crippen LogP contribution in [0.15, 0.2) is 0 Å². The molecule has 37 heavy (non-hydrogen) atoms. The topological polar surface area (TPSA) is 154 Å². The number of amides is 3. The predicted molar refractivity (Wildman–Crippen MR) is 153 cm³/mol. The number of carbonyl (C=O) groups is 4. The number of fused-ring (bicyclic) bond motifs is 1. The first-order valence-electron chi connectivity index (χ1n) is 13.0. The Morgan fingerprint density at radius 3 is 2.46 bits per heavy atom. The summed E-state index contributed by atoms with van der Waals surface area (Å²) in [6.45, 7) is 1.40. The Bertz CT molecular complexity index is 777. The van der Waals surface area contributed by atoms with Crippen molar-refractivity contribution in [2.45, 2.75) is 74.0 Å². The molecule has 13 heteroatoms. The molecule has 1 aliphatic carbocycles. The molecule has 3 amide bonds. The van der Waals surface area contributed by atoms with Gasteiger partial charge in [0.25, 0.3) is 0 Å². The molecule has 2 aliphatic rings. The Kier molecular flexibility index (Phi) is 14.5. The Morgan fingerprint density at radius 1 is 1.11 bits per heavy atom. The van der Waals surface area contributed by atoms with Crippen molar-refractivity contribution in [2.75, 3.05) is 39.5 Å². The highest BCUT2D eigenvalue weighted by molar-refractivity contribution is 8.80. The number of hydrogen-bond acceptors (Lipinski definition) is 9. The van der Waals surface area contributed by atoms with Crippen molar-refractivity contribution in [3.8, 4) is 0 Å². The van der Waals surface area contributed by atoms with Crippen molar-refractivity contribution in [3.05, 3.63) is 0 Å². The number of carbonyl (C=O) groups excluding carboxylic acids is 3. The predicted octanol–water partition coefficient (Wildman–Crippen LogP) is 1.11. The Balaban J connectivity index is 2.08. The summed E-state index contributed by atoms with van der Waals surface area (Å²) in [7, 11) is 6.80. The quantitative estimate of drug-likeness (QED) is 0.0954. The van der Waals surface area contributed by atoms with Crippen molar-refractivity contribution in [1.82, 2.24) is 20.9 Å². The number of nitrogens with zero attached hydrogens (tertiary/aromatic N) is 1. The normalized spacial score (nSPS) is 26.0. The van der Waals surface area contributed by atoms with E-state index in [0.717, 1.165) is 18.6 Å². The lowest BCUT2D eigenvalue weighted by atomic mass is 9.82. The van der Waals surface area contributed by atoms with Crippen LogP contribution in [0.4, 0.5) is 0 Å². The van der Waals surface area contributed by atoms with Gasteiger partial charge in [0.1, 0.15) is 6.04 Å². The summed E-state index contributed by atoms with van der Waals surface area (Å²) in [6.07, 6.45) is 4.06. The highest BCUT2D eigenvalue weighted by Crippen LogP contribution is 2.55. The molecule has 0 radical (unpaired) electrons. The van der Waals surface area contributed by atoms with Gasteiger partial charge in [0.05, 0.1) is 12.3 Å². The zero-order chi connectivity index (χ0) is 27.4. The largest absolute Gasteiger partial charge is 0.481 e. The summed E-state index contributed by atoms with van der Waals surface area (Å²) in [5.41, 5.74) is 6.05. The smallest absolute Gasteiger partial charge is 0.306 e. The van der Waals surface area contributed by atoms with Crippen LogP contribution in [0, 0.1) is 11.8 Å². The molecular weight excluding hydrogens is 534 g/mol. The summed E-state index contributed by atoms with van der Waals surface area (Å²) in [5.74, 6) is -1.41. The number of likely N-dealkylation sites (N-methyl/N-ethyl adjacent to an activating group) is 2. The molecule has 212 valence electrons.